The van der Waals surface area contributed by atoms with E-state index in [0.29, 0.717) is 6.42 Å². The van der Waals surface area contributed by atoms with Crippen LogP contribution in [0.1, 0.15) is 49.0 Å². The number of Topliss-reactive ketones (excluding diaryl/α,β-unsaturated/α-hetero) is 1. The Morgan fingerprint density at radius 1 is 1.35 bits per heavy atom. The van der Waals surface area contributed by atoms with Crippen molar-refractivity contribution in [1.82, 2.24) is 0 Å². The van der Waals surface area contributed by atoms with Gasteiger partial charge in [-0.2, -0.15) is 0 Å². The smallest absolute Gasteiger partial charge is 0.166 e. The van der Waals surface area contributed by atoms with E-state index in [1.807, 2.05) is 24.3 Å². The number of hydrogen-bond acceptors (Lipinski definition) is 2. The van der Waals surface area contributed by atoms with Crippen molar-refractivity contribution in [2.45, 2.75) is 45.1 Å². The molecular weight excluding hydrogens is 212 g/mol. The van der Waals surface area contributed by atoms with E-state index in [1.165, 1.54) is 0 Å². The zero-order chi connectivity index (χ0) is 12.5. The average Bonchev–Trinajstić information content (AvgIpc) is 2.39. The number of rotatable bonds is 2. The summed E-state index contributed by atoms with van der Waals surface area (Å²) in [5, 5.41) is 9.88. The molecule has 0 spiro atoms. The number of benzene rings is 1. The minimum absolute atomic E-state index is 0.0290. The highest BCUT2D eigenvalue weighted by Gasteiger charge is 2.29. The summed E-state index contributed by atoms with van der Waals surface area (Å²) < 4.78 is 0. The van der Waals surface area contributed by atoms with Crippen molar-refractivity contribution < 1.29 is 9.90 Å². The lowest BCUT2D eigenvalue weighted by atomic mass is 9.86. The molecule has 1 aromatic carbocycles. The SMILES string of the molecule is CC(C)(O)CC1CCCc2ccccc2C1=O. The van der Waals surface area contributed by atoms with Crippen molar-refractivity contribution >= 4 is 5.78 Å². The molecule has 0 bridgehead atoms. The van der Waals surface area contributed by atoms with Gasteiger partial charge in [0.1, 0.15) is 0 Å². The number of ketones is 1. The zero-order valence-electron chi connectivity index (χ0n) is 10.6. The van der Waals surface area contributed by atoms with Crippen LogP contribution in [0.3, 0.4) is 0 Å². The van der Waals surface area contributed by atoms with Crippen molar-refractivity contribution in [2.75, 3.05) is 0 Å². The average molecular weight is 232 g/mol. The van der Waals surface area contributed by atoms with Gasteiger partial charge in [-0.15, -0.1) is 0 Å². The van der Waals surface area contributed by atoms with E-state index in [2.05, 4.69) is 0 Å². The fourth-order valence-electron chi connectivity index (χ4n) is 2.67. The molecule has 1 aliphatic rings. The van der Waals surface area contributed by atoms with Gasteiger partial charge in [0.25, 0.3) is 0 Å². The Bertz CT molecular complexity index is 415. The second kappa shape index (κ2) is 4.61. The van der Waals surface area contributed by atoms with E-state index in [0.717, 1.165) is 30.4 Å². The van der Waals surface area contributed by atoms with Crippen LogP contribution in [0.5, 0.6) is 0 Å². The number of carbonyl (C=O) groups excluding carboxylic acids is 1. The van der Waals surface area contributed by atoms with Gasteiger partial charge in [-0.3, -0.25) is 4.79 Å². The molecule has 2 rings (SSSR count). The Hall–Kier alpha value is -1.15. The van der Waals surface area contributed by atoms with E-state index in [1.54, 1.807) is 13.8 Å². The minimum Gasteiger partial charge on any atom is -0.390 e. The molecule has 0 heterocycles. The molecule has 1 atom stereocenters. The fourth-order valence-corrected chi connectivity index (χ4v) is 2.67. The van der Waals surface area contributed by atoms with Gasteiger partial charge in [-0.05, 0) is 45.1 Å². The van der Waals surface area contributed by atoms with Crippen LogP contribution in [0.2, 0.25) is 0 Å². The predicted molar refractivity (Wildman–Crippen MR) is 68.1 cm³/mol. The molecule has 0 radical (unpaired) electrons. The topological polar surface area (TPSA) is 37.3 Å². The standard InChI is InChI=1S/C15H20O2/c1-15(2,17)10-12-8-5-7-11-6-3-4-9-13(11)14(12)16/h3-4,6,9,12,17H,5,7-8,10H2,1-2H3. The third-order valence-corrected chi connectivity index (χ3v) is 3.40. The Labute approximate surface area is 103 Å². The summed E-state index contributed by atoms with van der Waals surface area (Å²) in [6, 6.07) is 7.87. The minimum atomic E-state index is -0.764. The fraction of sp³-hybridized carbons (Fsp3) is 0.533. The van der Waals surface area contributed by atoms with Crippen molar-refractivity contribution in [2.24, 2.45) is 5.92 Å². The summed E-state index contributed by atoms with van der Waals surface area (Å²) in [6.07, 6.45) is 3.45. The summed E-state index contributed by atoms with van der Waals surface area (Å²) in [5.74, 6) is 0.180. The van der Waals surface area contributed by atoms with Crippen molar-refractivity contribution in [3.05, 3.63) is 35.4 Å². The molecule has 2 nitrogen and oxygen atoms in total. The zero-order valence-corrected chi connectivity index (χ0v) is 10.6. The highest BCUT2D eigenvalue weighted by molar-refractivity contribution is 5.99. The van der Waals surface area contributed by atoms with Crippen LogP contribution in [0.25, 0.3) is 0 Å². The third-order valence-electron chi connectivity index (χ3n) is 3.40. The second-order valence-electron chi connectivity index (χ2n) is 5.63. The van der Waals surface area contributed by atoms with Crippen LogP contribution in [-0.4, -0.2) is 16.5 Å². The molecule has 0 aliphatic heterocycles. The van der Waals surface area contributed by atoms with Crippen LogP contribution in [0.15, 0.2) is 24.3 Å². The van der Waals surface area contributed by atoms with Crippen LogP contribution in [-0.2, 0) is 6.42 Å². The van der Waals surface area contributed by atoms with E-state index in [4.69, 9.17) is 0 Å². The number of hydrogen-bond donors (Lipinski definition) is 1. The molecule has 1 aliphatic carbocycles. The first-order valence-electron chi connectivity index (χ1n) is 6.32. The number of fused-ring (bicyclic) bond motifs is 1. The van der Waals surface area contributed by atoms with Crippen LogP contribution in [0, 0.1) is 5.92 Å². The maximum atomic E-state index is 12.4. The first kappa shape index (κ1) is 12.3. The first-order valence-corrected chi connectivity index (χ1v) is 6.32. The molecule has 1 N–H and O–H groups in total. The quantitative estimate of drug-likeness (QED) is 0.796. The maximum Gasteiger partial charge on any atom is 0.166 e. The van der Waals surface area contributed by atoms with E-state index in [-0.39, 0.29) is 11.7 Å². The summed E-state index contributed by atoms with van der Waals surface area (Å²) in [5.41, 5.74) is 1.26. The van der Waals surface area contributed by atoms with Crippen molar-refractivity contribution in [1.29, 1.82) is 0 Å². The van der Waals surface area contributed by atoms with Gasteiger partial charge >= 0.3 is 0 Å². The Kier molecular flexibility index (Phi) is 3.34. The molecule has 0 aromatic heterocycles. The Balaban J connectivity index is 2.26. The van der Waals surface area contributed by atoms with Crippen LogP contribution in [0.4, 0.5) is 0 Å². The van der Waals surface area contributed by atoms with E-state index in [9.17, 15) is 9.90 Å². The van der Waals surface area contributed by atoms with Gasteiger partial charge in [0, 0.05) is 11.5 Å². The molecule has 1 aromatic rings. The number of aliphatic hydroxyl groups is 1. The Morgan fingerprint density at radius 2 is 2.06 bits per heavy atom. The summed E-state index contributed by atoms with van der Waals surface area (Å²) in [4.78, 5) is 12.4. The lowest BCUT2D eigenvalue weighted by molar-refractivity contribution is 0.0461. The molecule has 92 valence electrons. The maximum absolute atomic E-state index is 12.4. The lowest BCUT2D eigenvalue weighted by Gasteiger charge is -2.23. The molecule has 1 unspecified atom stereocenters. The normalized spacial score (nSPS) is 20.9. The monoisotopic (exact) mass is 232 g/mol. The van der Waals surface area contributed by atoms with Crippen LogP contribution < -0.4 is 0 Å². The molecule has 0 fully saturated rings. The summed E-state index contributed by atoms with van der Waals surface area (Å²) in [6.45, 7) is 3.55. The van der Waals surface area contributed by atoms with Gasteiger partial charge < -0.3 is 5.11 Å². The second-order valence-corrected chi connectivity index (χ2v) is 5.63. The number of carbonyl (C=O) groups is 1. The van der Waals surface area contributed by atoms with Gasteiger partial charge in [-0.25, -0.2) is 0 Å². The number of aryl methyl sites for hydroxylation is 1. The molecular formula is C15H20O2. The summed E-state index contributed by atoms with van der Waals surface area (Å²) in [7, 11) is 0. The molecule has 0 saturated carbocycles. The Morgan fingerprint density at radius 3 is 2.76 bits per heavy atom. The van der Waals surface area contributed by atoms with Crippen molar-refractivity contribution in [3.8, 4) is 0 Å². The van der Waals surface area contributed by atoms with E-state index < -0.39 is 5.60 Å². The van der Waals surface area contributed by atoms with E-state index >= 15 is 0 Å². The summed E-state index contributed by atoms with van der Waals surface area (Å²) >= 11 is 0. The first-order chi connectivity index (χ1) is 7.97. The molecule has 0 saturated heterocycles. The van der Waals surface area contributed by atoms with Gasteiger partial charge in [0.2, 0.25) is 0 Å². The largest absolute Gasteiger partial charge is 0.390 e. The molecule has 0 amide bonds. The lowest BCUT2D eigenvalue weighted by Crippen LogP contribution is -2.27. The van der Waals surface area contributed by atoms with Gasteiger partial charge in [-0.1, -0.05) is 24.3 Å². The highest BCUT2D eigenvalue weighted by Crippen LogP contribution is 2.29. The third kappa shape index (κ3) is 2.95. The molecule has 2 heteroatoms. The predicted octanol–water partition coefficient (Wildman–Crippen LogP) is 2.98. The van der Waals surface area contributed by atoms with Crippen LogP contribution >= 0.6 is 0 Å². The molecule has 17 heavy (non-hydrogen) atoms. The van der Waals surface area contributed by atoms with Gasteiger partial charge in [0.15, 0.2) is 5.78 Å². The highest BCUT2D eigenvalue weighted by atomic mass is 16.3. The van der Waals surface area contributed by atoms with Crippen molar-refractivity contribution in [3.63, 3.8) is 0 Å². The van der Waals surface area contributed by atoms with Gasteiger partial charge in [0.05, 0.1) is 5.60 Å².